The summed E-state index contributed by atoms with van der Waals surface area (Å²) in [7, 11) is 0. The number of halogens is 3. The Morgan fingerprint density at radius 2 is 2.03 bits per heavy atom. The second-order valence-corrected chi connectivity index (χ2v) is 8.38. The number of piperidine rings is 1. The van der Waals surface area contributed by atoms with E-state index in [1.807, 2.05) is 11.4 Å². The molecule has 0 unspecified atom stereocenters. The second-order valence-electron chi connectivity index (χ2n) is 7.05. The van der Waals surface area contributed by atoms with Gasteiger partial charge in [0.05, 0.1) is 33.5 Å². The standard InChI is InChI=1S/C21H20ClF2N3O3S/c1-2-29-18(28)11-30-12-3-6-27(7-4-12)21-19-17(5-8-31-19)25-20(26-21)13-9-16(24)14(22)10-15(13)23/h5,8-10,12H,2-4,6-7,11H2,1H3. The number of anilines is 1. The minimum Gasteiger partial charge on any atom is -0.464 e. The number of hydrogen-bond acceptors (Lipinski definition) is 7. The van der Waals surface area contributed by atoms with Crippen LogP contribution < -0.4 is 4.90 Å². The summed E-state index contributed by atoms with van der Waals surface area (Å²) in [6.45, 7) is 3.31. The maximum absolute atomic E-state index is 14.5. The average molecular weight is 468 g/mol. The maximum Gasteiger partial charge on any atom is 0.332 e. The van der Waals surface area contributed by atoms with Crippen LogP contribution in [0.4, 0.5) is 14.6 Å². The number of aromatic nitrogens is 2. The Balaban J connectivity index is 1.56. The van der Waals surface area contributed by atoms with Crippen molar-refractivity contribution in [1.82, 2.24) is 9.97 Å². The molecule has 4 rings (SSSR count). The highest BCUT2D eigenvalue weighted by Gasteiger charge is 2.25. The molecular formula is C21H20ClF2N3O3S. The van der Waals surface area contributed by atoms with E-state index in [2.05, 4.69) is 14.9 Å². The Kier molecular flexibility index (Phi) is 6.64. The molecule has 3 aromatic rings. The van der Waals surface area contributed by atoms with Gasteiger partial charge in [0.25, 0.3) is 0 Å². The largest absolute Gasteiger partial charge is 0.464 e. The lowest BCUT2D eigenvalue weighted by molar-refractivity contribution is -0.150. The molecule has 10 heteroatoms. The number of benzene rings is 1. The zero-order valence-electron chi connectivity index (χ0n) is 16.7. The van der Waals surface area contributed by atoms with Gasteiger partial charge >= 0.3 is 5.97 Å². The molecule has 0 bridgehead atoms. The molecule has 0 saturated carbocycles. The number of thiophene rings is 1. The van der Waals surface area contributed by atoms with Crippen molar-refractivity contribution in [1.29, 1.82) is 0 Å². The van der Waals surface area contributed by atoms with Crippen LogP contribution in [0.1, 0.15) is 19.8 Å². The van der Waals surface area contributed by atoms with Crippen LogP contribution in [0.5, 0.6) is 0 Å². The average Bonchev–Trinajstić information content (AvgIpc) is 3.23. The summed E-state index contributed by atoms with van der Waals surface area (Å²) in [6.07, 6.45) is 1.36. The third-order valence-electron chi connectivity index (χ3n) is 5.02. The lowest BCUT2D eigenvalue weighted by atomic mass is 10.1. The van der Waals surface area contributed by atoms with Crippen LogP contribution in [0.3, 0.4) is 0 Å². The van der Waals surface area contributed by atoms with Gasteiger partial charge in [-0.15, -0.1) is 11.3 Å². The van der Waals surface area contributed by atoms with E-state index < -0.39 is 11.6 Å². The van der Waals surface area contributed by atoms with E-state index in [0.717, 1.165) is 16.8 Å². The number of esters is 1. The Labute approximate surface area is 186 Å². The number of nitrogens with zero attached hydrogens (tertiary/aromatic N) is 3. The van der Waals surface area contributed by atoms with Crippen LogP contribution in [0.15, 0.2) is 23.6 Å². The molecule has 1 saturated heterocycles. The van der Waals surface area contributed by atoms with Crippen molar-refractivity contribution in [3.63, 3.8) is 0 Å². The lowest BCUT2D eigenvalue weighted by Crippen LogP contribution is -2.38. The Morgan fingerprint density at radius 3 is 2.77 bits per heavy atom. The Bertz CT molecular complexity index is 1100. The number of hydrogen-bond donors (Lipinski definition) is 0. The summed E-state index contributed by atoms with van der Waals surface area (Å²) in [5.74, 6) is -1.00. The van der Waals surface area contributed by atoms with Gasteiger partial charge in [0.15, 0.2) is 11.6 Å². The topological polar surface area (TPSA) is 64.6 Å². The third kappa shape index (κ3) is 4.78. The van der Waals surface area contributed by atoms with Crippen molar-refractivity contribution in [2.24, 2.45) is 0 Å². The zero-order chi connectivity index (χ0) is 22.0. The van der Waals surface area contributed by atoms with Gasteiger partial charge in [-0.3, -0.25) is 0 Å². The van der Waals surface area contributed by atoms with Gasteiger partial charge in [-0.25, -0.2) is 23.5 Å². The first kappa shape index (κ1) is 21.9. The van der Waals surface area contributed by atoms with Gasteiger partial charge in [-0.1, -0.05) is 11.6 Å². The first-order valence-electron chi connectivity index (χ1n) is 9.88. The normalized spacial score (nSPS) is 14.9. The summed E-state index contributed by atoms with van der Waals surface area (Å²) in [5, 5.41) is 1.60. The smallest absolute Gasteiger partial charge is 0.332 e. The number of fused-ring (bicyclic) bond motifs is 1. The molecule has 164 valence electrons. The van der Waals surface area contributed by atoms with E-state index in [4.69, 9.17) is 21.1 Å². The first-order chi connectivity index (χ1) is 15.0. The minimum absolute atomic E-state index is 0.0381. The van der Waals surface area contributed by atoms with E-state index in [1.165, 1.54) is 11.3 Å². The predicted octanol–water partition coefficient (Wildman–Crippen LogP) is 4.84. The molecule has 1 fully saturated rings. The molecular weight excluding hydrogens is 448 g/mol. The van der Waals surface area contributed by atoms with E-state index in [1.54, 1.807) is 6.92 Å². The van der Waals surface area contributed by atoms with Crippen LogP contribution in [0.2, 0.25) is 5.02 Å². The molecule has 6 nitrogen and oxygen atoms in total. The predicted molar refractivity (Wildman–Crippen MR) is 116 cm³/mol. The monoisotopic (exact) mass is 467 g/mol. The van der Waals surface area contributed by atoms with Gasteiger partial charge in [-0.2, -0.15) is 0 Å². The minimum atomic E-state index is -0.729. The number of rotatable bonds is 6. The highest BCUT2D eigenvalue weighted by Crippen LogP contribution is 2.34. The van der Waals surface area contributed by atoms with Gasteiger partial charge in [0, 0.05) is 13.1 Å². The van der Waals surface area contributed by atoms with E-state index in [0.29, 0.717) is 43.9 Å². The summed E-state index contributed by atoms with van der Waals surface area (Å²) >= 11 is 7.17. The van der Waals surface area contributed by atoms with E-state index in [9.17, 15) is 13.6 Å². The van der Waals surface area contributed by atoms with Gasteiger partial charge in [-0.05, 0) is 43.3 Å². The molecule has 0 amide bonds. The van der Waals surface area contributed by atoms with E-state index >= 15 is 0 Å². The molecule has 0 atom stereocenters. The first-order valence-corrected chi connectivity index (χ1v) is 11.1. The van der Waals surface area contributed by atoms with Crippen molar-refractivity contribution in [2.75, 3.05) is 31.2 Å². The molecule has 1 aliphatic rings. The van der Waals surface area contributed by atoms with Gasteiger partial charge < -0.3 is 14.4 Å². The summed E-state index contributed by atoms with van der Waals surface area (Å²) in [5.41, 5.74) is 0.629. The highest BCUT2D eigenvalue weighted by molar-refractivity contribution is 7.17. The molecule has 0 spiro atoms. The van der Waals surface area contributed by atoms with E-state index in [-0.39, 0.29) is 35.1 Å². The Morgan fingerprint density at radius 1 is 1.26 bits per heavy atom. The molecule has 2 aromatic heterocycles. The second kappa shape index (κ2) is 9.42. The van der Waals surface area contributed by atoms with Crippen LogP contribution in [0.25, 0.3) is 21.6 Å². The quantitative estimate of drug-likeness (QED) is 0.382. The van der Waals surface area contributed by atoms with Crippen molar-refractivity contribution < 1.29 is 23.0 Å². The summed E-state index contributed by atoms with van der Waals surface area (Å²) in [6, 6.07) is 3.78. The number of carbonyl (C=O) groups excluding carboxylic acids is 1. The fourth-order valence-electron chi connectivity index (χ4n) is 3.50. The van der Waals surface area contributed by atoms with Crippen molar-refractivity contribution in [2.45, 2.75) is 25.9 Å². The molecule has 0 radical (unpaired) electrons. The SMILES string of the molecule is CCOC(=O)COC1CCN(c2nc(-c3cc(F)c(Cl)cc3F)nc3ccsc23)CC1. The van der Waals surface area contributed by atoms with Crippen LogP contribution in [-0.2, 0) is 14.3 Å². The van der Waals surface area contributed by atoms with Gasteiger partial charge in [0.2, 0.25) is 0 Å². The lowest BCUT2D eigenvalue weighted by Gasteiger charge is -2.32. The molecule has 0 aliphatic carbocycles. The van der Waals surface area contributed by atoms with Crippen molar-refractivity contribution in [3.05, 3.63) is 40.2 Å². The number of ether oxygens (including phenoxy) is 2. The molecule has 1 aromatic carbocycles. The fraction of sp³-hybridized carbons (Fsp3) is 0.381. The number of carbonyl (C=O) groups is 1. The van der Waals surface area contributed by atoms with Crippen LogP contribution in [0, 0.1) is 11.6 Å². The Hall–Kier alpha value is -2.36. The fourth-order valence-corrected chi connectivity index (χ4v) is 4.50. The summed E-state index contributed by atoms with van der Waals surface area (Å²) < 4.78 is 39.9. The molecule has 31 heavy (non-hydrogen) atoms. The van der Waals surface area contributed by atoms with Crippen molar-refractivity contribution >= 4 is 44.9 Å². The summed E-state index contributed by atoms with van der Waals surface area (Å²) in [4.78, 5) is 22.6. The van der Waals surface area contributed by atoms with Gasteiger partial charge in [0.1, 0.15) is 18.2 Å². The van der Waals surface area contributed by atoms with Crippen LogP contribution in [-0.4, -0.2) is 48.3 Å². The zero-order valence-corrected chi connectivity index (χ0v) is 18.3. The highest BCUT2D eigenvalue weighted by atomic mass is 35.5. The maximum atomic E-state index is 14.5. The van der Waals surface area contributed by atoms with Crippen LogP contribution >= 0.6 is 22.9 Å². The molecule has 3 heterocycles. The molecule has 0 N–H and O–H groups in total. The van der Waals surface area contributed by atoms with Crippen molar-refractivity contribution in [3.8, 4) is 11.4 Å². The molecule has 1 aliphatic heterocycles. The third-order valence-corrected chi connectivity index (χ3v) is 6.21.